The molecule has 1 atom stereocenters. The number of hydrogen-bond donors (Lipinski definition) is 5. The number of amides is 2. The second-order valence-corrected chi connectivity index (χ2v) is 7.96. The van der Waals surface area contributed by atoms with Crippen LogP contribution in [0.2, 0.25) is 0 Å². The van der Waals surface area contributed by atoms with Crippen molar-refractivity contribution in [2.45, 2.75) is 32.7 Å². The normalized spacial score (nSPS) is 11.4. The van der Waals surface area contributed by atoms with Gasteiger partial charge in [-0.05, 0) is 44.4 Å². The molecule has 12 heteroatoms. The van der Waals surface area contributed by atoms with Gasteiger partial charge in [0.15, 0.2) is 0 Å². The molecular formula is C24H27N7O5. The first-order chi connectivity index (χ1) is 17.2. The Kier molecular flexibility index (Phi) is 8.81. The van der Waals surface area contributed by atoms with E-state index in [0.717, 1.165) is 18.4 Å². The Morgan fingerprint density at radius 1 is 1.06 bits per heavy atom. The van der Waals surface area contributed by atoms with Gasteiger partial charge in [-0.2, -0.15) is 0 Å². The maximum atomic E-state index is 12.8. The summed E-state index contributed by atoms with van der Waals surface area (Å²) in [5.74, 6) is -2.02. The van der Waals surface area contributed by atoms with Crippen molar-refractivity contribution in [3.63, 3.8) is 0 Å². The number of nitrogens with zero attached hydrogens (tertiary/aromatic N) is 4. The number of carboxylic acid groups (broad SMARTS) is 1. The predicted molar refractivity (Wildman–Crippen MR) is 130 cm³/mol. The van der Waals surface area contributed by atoms with Gasteiger partial charge >= 0.3 is 5.97 Å². The van der Waals surface area contributed by atoms with Gasteiger partial charge in [-0.1, -0.05) is 12.1 Å². The molecule has 0 saturated heterocycles. The minimum absolute atomic E-state index is 0.0260. The van der Waals surface area contributed by atoms with Gasteiger partial charge in [-0.15, -0.1) is 0 Å². The van der Waals surface area contributed by atoms with Crippen LogP contribution in [0.4, 0.5) is 5.95 Å². The zero-order valence-electron chi connectivity index (χ0n) is 19.9. The molecule has 5 N–H and O–H groups in total. The molecule has 0 aliphatic heterocycles. The van der Waals surface area contributed by atoms with Crippen LogP contribution < -0.4 is 16.0 Å². The summed E-state index contributed by atoms with van der Waals surface area (Å²) in [5, 5.41) is 27.0. The molecule has 188 valence electrons. The fraction of sp³-hybridized carbons (Fsp3) is 0.292. The van der Waals surface area contributed by atoms with Gasteiger partial charge in [0.05, 0.1) is 23.1 Å². The van der Waals surface area contributed by atoms with Crippen LogP contribution in [0.3, 0.4) is 0 Å². The number of carbonyl (C=O) groups excluding carboxylic acids is 2. The standard InChI is InChI=1S/C24H27N7O5/c1-14-20(15(2)30-24(29-14)27-8-4-6-16-5-3-7-17(32)11-16)22(34)31-19(23(35)36)13-28-21(33)18-12-25-9-10-26-18/h3,5,7,9-12,19,32H,4,6,8,13H2,1-2H3,(H,28,33)(H,31,34)(H,35,36)(H,27,29,30)/t19-/m0/s1. The van der Waals surface area contributed by atoms with Crippen molar-refractivity contribution in [3.8, 4) is 5.75 Å². The van der Waals surface area contributed by atoms with E-state index < -0.39 is 23.8 Å². The highest BCUT2D eigenvalue weighted by atomic mass is 16.4. The molecule has 2 amide bonds. The Hall–Kier alpha value is -4.61. The molecule has 36 heavy (non-hydrogen) atoms. The quantitative estimate of drug-likeness (QED) is 0.244. The fourth-order valence-corrected chi connectivity index (χ4v) is 3.46. The molecule has 12 nitrogen and oxygen atoms in total. The van der Waals surface area contributed by atoms with Crippen LogP contribution >= 0.6 is 0 Å². The summed E-state index contributed by atoms with van der Waals surface area (Å²) in [6.07, 6.45) is 5.51. The Balaban J connectivity index is 1.57. The molecule has 1 aromatic carbocycles. The van der Waals surface area contributed by atoms with Gasteiger partial charge in [0.25, 0.3) is 11.8 Å². The molecule has 0 saturated carbocycles. The molecule has 0 radical (unpaired) electrons. The number of aromatic hydroxyl groups is 1. The largest absolute Gasteiger partial charge is 0.508 e. The molecule has 0 unspecified atom stereocenters. The zero-order chi connectivity index (χ0) is 26.1. The van der Waals surface area contributed by atoms with Gasteiger partial charge < -0.3 is 26.2 Å². The van der Waals surface area contributed by atoms with Crippen LogP contribution in [-0.2, 0) is 11.2 Å². The number of rotatable bonds is 11. The summed E-state index contributed by atoms with van der Waals surface area (Å²) in [5.41, 5.74) is 1.95. The maximum Gasteiger partial charge on any atom is 0.328 e. The van der Waals surface area contributed by atoms with Crippen LogP contribution in [-0.4, -0.2) is 67.1 Å². The van der Waals surface area contributed by atoms with Crippen LogP contribution in [0.5, 0.6) is 5.75 Å². The number of aromatic nitrogens is 4. The number of hydrogen-bond acceptors (Lipinski definition) is 9. The number of phenols is 1. The van der Waals surface area contributed by atoms with E-state index in [9.17, 15) is 24.6 Å². The molecule has 3 aromatic rings. The molecular weight excluding hydrogens is 466 g/mol. The highest BCUT2D eigenvalue weighted by Crippen LogP contribution is 2.15. The van der Waals surface area contributed by atoms with Crippen molar-refractivity contribution < 1.29 is 24.6 Å². The Labute approximate surface area is 207 Å². The van der Waals surface area contributed by atoms with Crippen LogP contribution in [0, 0.1) is 13.8 Å². The van der Waals surface area contributed by atoms with Crippen LogP contribution in [0.25, 0.3) is 0 Å². The summed E-state index contributed by atoms with van der Waals surface area (Å²) in [4.78, 5) is 52.9. The molecule has 2 heterocycles. The van der Waals surface area contributed by atoms with Crippen molar-refractivity contribution in [1.82, 2.24) is 30.6 Å². The predicted octanol–water partition coefficient (Wildman–Crippen LogP) is 1.25. The van der Waals surface area contributed by atoms with Gasteiger partial charge in [-0.25, -0.2) is 19.7 Å². The van der Waals surface area contributed by atoms with Gasteiger partial charge in [0.1, 0.15) is 17.5 Å². The second kappa shape index (κ2) is 12.2. The number of carbonyl (C=O) groups is 3. The number of anilines is 1. The number of carboxylic acids is 1. The number of benzene rings is 1. The van der Waals surface area contributed by atoms with E-state index in [-0.39, 0.29) is 23.6 Å². The lowest BCUT2D eigenvalue weighted by Crippen LogP contribution is -2.48. The number of nitrogens with one attached hydrogen (secondary N) is 3. The van der Waals surface area contributed by atoms with E-state index >= 15 is 0 Å². The molecule has 3 rings (SSSR count). The maximum absolute atomic E-state index is 12.8. The summed E-state index contributed by atoms with van der Waals surface area (Å²) in [6, 6.07) is 5.67. The number of aliphatic carboxylic acids is 1. The molecule has 0 aliphatic carbocycles. The molecule has 0 fully saturated rings. The van der Waals surface area contributed by atoms with Crippen molar-refractivity contribution in [1.29, 1.82) is 0 Å². The SMILES string of the molecule is Cc1nc(NCCCc2cccc(O)c2)nc(C)c1C(=O)N[C@@H](CNC(=O)c1cnccn1)C(=O)O. The lowest BCUT2D eigenvalue weighted by atomic mass is 10.1. The van der Waals surface area contributed by atoms with Gasteiger partial charge in [-0.3, -0.25) is 14.6 Å². The molecule has 0 bridgehead atoms. The van der Waals surface area contributed by atoms with E-state index in [0.29, 0.717) is 23.9 Å². The topological polar surface area (TPSA) is 179 Å². The highest BCUT2D eigenvalue weighted by molar-refractivity contribution is 5.99. The summed E-state index contributed by atoms with van der Waals surface area (Å²) in [7, 11) is 0. The van der Waals surface area contributed by atoms with Gasteiger partial charge in [0.2, 0.25) is 5.95 Å². The zero-order valence-corrected chi connectivity index (χ0v) is 19.9. The Morgan fingerprint density at radius 3 is 2.44 bits per heavy atom. The monoisotopic (exact) mass is 493 g/mol. The van der Waals surface area contributed by atoms with Crippen molar-refractivity contribution >= 4 is 23.7 Å². The lowest BCUT2D eigenvalue weighted by Gasteiger charge is -2.17. The molecule has 0 spiro atoms. The van der Waals surface area contributed by atoms with Crippen molar-refractivity contribution in [2.75, 3.05) is 18.4 Å². The smallest absolute Gasteiger partial charge is 0.328 e. The van der Waals surface area contributed by atoms with Crippen LogP contribution in [0.1, 0.15) is 44.2 Å². The average Bonchev–Trinajstić information content (AvgIpc) is 2.84. The van der Waals surface area contributed by atoms with Crippen LogP contribution in [0.15, 0.2) is 42.9 Å². The summed E-state index contributed by atoms with van der Waals surface area (Å²) in [6.45, 7) is 3.49. The van der Waals surface area contributed by atoms with Crippen molar-refractivity contribution in [3.05, 3.63) is 71.1 Å². The third-order valence-corrected chi connectivity index (χ3v) is 5.20. The van der Waals surface area contributed by atoms with E-state index in [1.54, 1.807) is 32.0 Å². The molecule has 0 aliphatic rings. The van der Waals surface area contributed by atoms with E-state index in [4.69, 9.17) is 0 Å². The Morgan fingerprint density at radius 2 is 1.81 bits per heavy atom. The van der Waals surface area contributed by atoms with Crippen molar-refractivity contribution in [2.24, 2.45) is 0 Å². The Bertz CT molecular complexity index is 1210. The molecule has 2 aromatic heterocycles. The summed E-state index contributed by atoms with van der Waals surface area (Å²) >= 11 is 0. The average molecular weight is 494 g/mol. The minimum atomic E-state index is -1.38. The highest BCUT2D eigenvalue weighted by Gasteiger charge is 2.25. The lowest BCUT2D eigenvalue weighted by molar-refractivity contribution is -0.139. The third-order valence-electron chi connectivity index (χ3n) is 5.20. The number of aryl methyl sites for hydroxylation is 3. The fourth-order valence-electron chi connectivity index (χ4n) is 3.46. The first-order valence-electron chi connectivity index (χ1n) is 11.2. The first-order valence-corrected chi connectivity index (χ1v) is 11.2. The second-order valence-electron chi connectivity index (χ2n) is 7.96. The van der Waals surface area contributed by atoms with E-state index in [1.807, 2.05) is 6.07 Å². The first kappa shape index (κ1) is 26.0. The van der Waals surface area contributed by atoms with E-state index in [1.165, 1.54) is 18.6 Å². The minimum Gasteiger partial charge on any atom is -0.508 e. The van der Waals surface area contributed by atoms with E-state index in [2.05, 4.69) is 35.9 Å². The van der Waals surface area contributed by atoms with Gasteiger partial charge in [0, 0.05) is 25.5 Å². The number of phenolic OH excluding ortho intramolecular Hbond substituents is 1. The summed E-state index contributed by atoms with van der Waals surface area (Å²) < 4.78 is 0. The third kappa shape index (κ3) is 7.19.